The molecule has 0 spiro atoms. The highest BCUT2D eigenvalue weighted by atomic mass is 35.5. The number of methoxy groups -OCH3 is 1. The topological polar surface area (TPSA) is 245 Å². The number of ether oxygens (including phenoxy) is 1. The van der Waals surface area contributed by atoms with E-state index >= 15 is 0 Å². The van der Waals surface area contributed by atoms with E-state index in [1.165, 1.54) is 7.11 Å². The first-order valence-electron chi connectivity index (χ1n) is 22.9. The van der Waals surface area contributed by atoms with Crippen LogP contribution in [0.15, 0.2) is 70.3 Å². The molecule has 25 heteroatoms. The van der Waals surface area contributed by atoms with Crippen molar-refractivity contribution in [1.29, 1.82) is 0 Å². The number of rotatable bonds is 8. The lowest BCUT2D eigenvalue weighted by molar-refractivity contribution is -0.148. The maximum absolute atomic E-state index is 10.9. The van der Waals surface area contributed by atoms with E-state index in [4.69, 9.17) is 91.4 Å². The largest absolute Gasteiger partial charge is 0.494 e. The third kappa shape index (κ3) is 18.0. The van der Waals surface area contributed by atoms with Crippen LogP contribution < -0.4 is 26.4 Å². The van der Waals surface area contributed by atoms with Crippen LogP contribution in [0.3, 0.4) is 0 Å². The number of aromatic nitrogens is 8. The molecule has 6 aromatic rings. The van der Waals surface area contributed by atoms with Crippen LogP contribution in [0, 0.1) is 5.92 Å². The first kappa shape index (κ1) is 62.0. The molecule has 0 radical (unpaired) electrons. The molecule has 9 rings (SSSR count). The number of carbonyl (C=O) groups excluding carboxylic acids is 2. The lowest BCUT2D eigenvalue weighted by Crippen LogP contribution is -2.25. The van der Waals surface area contributed by atoms with Crippen molar-refractivity contribution in [3.05, 3.63) is 135 Å². The Bertz CT molecular complexity index is 2810. The Morgan fingerprint density at radius 3 is 1.66 bits per heavy atom. The number of fused-ring (bicyclic) bond motifs is 2. The van der Waals surface area contributed by atoms with Gasteiger partial charge >= 0.3 is 11.7 Å². The van der Waals surface area contributed by atoms with Crippen molar-refractivity contribution in [1.82, 2.24) is 39.9 Å². The zero-order chi connectivity index (χ0) is 54.2. The molecule has 73 heavy (non-hydrogen) atoms. The number of H-pyrrole nitrogens is 2. The number of Topliss-reactive ketones (excluding diaryl/α,β-unsaturated/α-hetero) is 1. The second-order valence-corrected chi connectivity index (χ2v) is 17.1. The Balaban J connectivity index is 0.000000241. The minimum absolute atomic E-state index is 0.0119. The Morgan fingerprint density at radius 1 is 0.699 bits per heavy atom. The molecule has 1 fully saturated rings. The standard InChI is InChI=1S/C13H13ClN4.C12H9Cl2N3.C7H10O3.C6H4Cl4N2.C6H8N2O4.2C2H6/c1-15-11-10-7-8-18(9-5-3-2-4-6-9)12(10)17-13(14)16-11;13-10-9-6-7-17(8-4-2-1-3-5-8)11(9)16-12(14)15-10;1-10-7(9)5-3-2-4-6(5)8;7-2-1-3-4(8)11-6(10)12-5(3)9;9-2-1-3-4(10)7-6(12)8-5(3)11;2*1-2/h2-6H,7-8H2,1H3,(H,15,16,17);1-5H,6-7H2;5H,2-4H2,1H3;1-2H2;9H,1-2H2,(H3,7,8,10,11,12);2*1-2H3. The first-order valence-corrected chi connectivity index (χ1v) is 25.7. The van der Waals surface area contributed by atoms with Crippen molar-refractivity contribution in [2.24, 2.45) is 5.92 Å². The first-order chi connectivity index (χ1) is 35.1. The quantitative estimate of drug-likeness (QED) is 0.0313. The van der Waals surface area contributed by atoms with Crippen LogP contribution in [-0.2, 0) is 40.0 Å². The number of benzene rings is 2. The van der Waals surface area contributed by atoms with E-state index in [1.54, 1.807) is 0 Å². The fraction of sp³-hybridized carbons (Fsp3) is 0.375. The molecule has 2 aliphatic heterocycles. The van der Waals surface area contributed by atoms with Crippen molar-refractivity contribution in [3.8, 4) is 5.88 Å². The summed E-state index contributed by atoms with van der Waals surface area (Å²) in [5.74, 6) is 1.69. The van der Waals surface area contributed by atoms with Gasteiger partial charge in [-0.25, -0.2) is 24.7 Å². The van der Waals surface area contributed by atoms with Crippen LogP contribution in [0.2, 0.25) is 31.3 Å². The highest BCUT2D eigenvalue weighted by molar-refractivity contribution is 6.36. The van der Waals surface area contributed by atoms with Crippen LogP contribution in [0.1, 0.15) is 69.2 Å². The smallest absolute Gasteiger partial charge is 0.328 e. The summed E-state index contributed by atoms with van der Waals surface area (Å²) in [6.45, 7) is 9.50. The van der Waals surface area contributed by atoms with Gasteiger partial charge in [-0.15, -0.1) is 11.6 Å². The van der Waals surface area contributed by atoms with Crippen molar-refractivity contribution in [2.75, 3.05) is 54.9 Å². The number of esters is 1. The molecule has 5 N–H and O–H groups in total. The molecule has 2 aromatic carbocycles. The van der Waals surface area contributed by atoms with Crippen LogP contribution in [0.4, 0.5) is 28.8 Å². The number of hydrogen-bond donors (Lipinski definition) is 5. The van der Waals surface area contributed by atoms with E-state index in [1.807, 2.05) is 93.2 Å². The van der Waals surface area contributed by atoms with Gasteiger partial charge < -0.3 is 30.1 Å². The highest BCUT2D eigenvalue weighted by Gasteiger charge is 2.31. The van der Waals surface area contributed by atoms with E-state index in [-0.39, 0.29) is 56.5 Å². The maximum Gasteiger partial charge on any atom is 0.328 e. The summed E-state index contributed by atoms with van der Waals surface area (Å²) in [5.41, 5.74) is 3.51. The van der Waals surface area contributed by atoms with E-state index in [9.17, 15) is 19.2 Å². The predicted octanol–water partition coefficient (Wildman–Crippen LogP) is 10.4. The molecule has 18 nitrogen and oxygen atoms in total. The summed E-state index contributed by atoms with van der Waals surface area (Å²) < 4.78 is 4.44. The summed E-state index contributed by atoms with van der Waals surface area (Å²) in [7, 11) is 3.16. The molecule has 0 amide bonds. The molecule has 1 aliphatic carbocycles. The molecular weight excluding hydrogens is 1090 g/mol. The Kier molecular flexibility index (Phi) is 27.3. The van der Waals surface area contributed by atoms with Crippen LogP contribution >= 0.6 is 81.2 Å². The van der Waals surface area contributed by atoms with Crippen molar-refractivity contribution in [2.45, 2.75) is 72.6 Å². The molecule has 0 bridgehead atoms. The van der Waals surface area contributed by atoms with Gasteiger partial charge in [0.1, 0.15) is 44.6 Å². The summed E-state index contributed by atoms with van der Waals surface area (Å²) in [6.07, 6.45) is 4.37. The summed E-state index contributed by atoms with van der Waals surface area (Å²) >= 11 is 40.4. The second-order valence-electron chi connectivity index (χ2n) is 14.6. The number of aromatic hydroxyl groups is 1. The zero-order valence-corrected chi connectivity index (χ0v) is 46.1. The number of ketones is 1. The van der Waals surface area contributed by atoms with Gasteiger partial charge in [0.05, 0.1) is 12.7 Å². The third-order valence-corrected chi connectivity index (χ3v) is 11.9. The summed E-state index contributed by atoms with van der Waals surface area (Å²) in [6, 6.07) is 20.3. The number of aliphatic hydroxyl groups is 1. The van der Waals surface area contributed by atoms with Gasteiger partial charge in [0.15, 0.2) is 0 Å². The SMILES string of the molecule is CC.CC.CNc1nc(Cl)nc2c1CCN2c1ccccc1.COC(=O)C1CCCC1=O.ClCCc1c(Cl)nc(Cl)nc1Cl.Clc1nc(Cl)c2c(n1)N(c1ccccc1)CC2.O=c1[nH]c(O)c(CCO)c(=O)[nH]1. The van der Waals surface area contributed by atoms with Gasteiger partial charge in [-0.3, -0.25) is 24.4 Å². The van der Waals surface area contributed by atoms with Gasteiger partial charge in [-0.1, -0.05) is 98.9 Å². The lowest BCUT2D eigenvalue weighted by atomic mass is 10.1. The molecule has 0 saturated heterocycles. The normalized spacial score (nSPS) is 13.5. The Labute approximate surface area is 457 Å². The number of alkyl halides is 1. The Hall–Kier alpha value is -5.31. The van der Waals surface area contributed by atoms with Crippen molar-refractivity contribution in [3.63, 3.8) is 0 Å². The minimum atomic E-state index is -0.765. The number of aliphatic hydroxyl groups excluding tert-OH is 1. The number of anilines is 5. The monoisotopic (exact) mass is 1140 g/mol. The zero-order valence-electron chi connectivity index (χ0n) is 40.8. The number of halogens is 7. The predicted molar refractivity (Wildman–Crippen MR) is 292 cm³/mol. The minimum Gasteiger partial charge on any atom is -0.494 e. The van der Waals surface area contributed by atoms with E-state index in [2.05, 4.69) is 61.9 Å². The van der Waals surface area contributed by atoms with Crippen LogP contribution in [0.25, 0.3) is 0 Å². The van der Waals surface area contributed by atoms with Crippen molar-refractivity contribution < 1.29 is 24.5 Å². The molecule has 1 atom stereocenters. The number of aromatic amines is 2. The molecule has 1 saturated carbocycles. The third-order valence-electron chi connectivity index (χ3n) is 10.3. The highest BCUT2D eigenvalue weighted by Crippen LogP contribution is 2.38. The molecule has 4 aromatic heterocycles. The van der Waals surface area contributed by atoms with E-state index in [0.29, 0.717) is 35.9 Å². The fourth-order valence-electron chi connectivity index (χ4n) is 7.10. The summed E-state index contributed by atoms with van der Waals surface area (Å²) in [5, 5.41) is 22.1. The molecule has 3 aliphatic rings. The van der Waals surface area contributed by atoms with Gasteiger partial charge in [-0.2, -0.15) is 9.97 Å². The number of carbonyl (C=O) groups is 2. The van der Waals surface area contributed by atoms with Gasteiger partial charge in [0, 0.05) is 73.5 Å². The molecule has 1 unspecified atom stereocenters. The maximum atomic E-state index is 10.9. The van der Waals surface area contributed by atoms with Gasteiger partial charge in [0.2, 0.25) is 21.7 Å². The average Bonchev–Trinajstić information content (AvgIpc) is 4.15. The summed E-state index contributed by atoms with van der Waals surface area (Å²) in [4.78, 5) is 75.6. The van der Waals surface area contributed by atoms with Crippen molar-refractivity contribution >= 4 is 122 Å². The Morgan fingerprint density at radius 2 is 1.19 bits per heavy atom. The van der Waals surface area contributed by atoms with Crippen LogP contribution in [0.5, 0.6) is 5.88 Å². The molecular formula is C48H56Cl7N11O7. The molecule has 394 valence electrons. The second kappa shape index (κ2) is 32.1. The number of para-hydroxylation sites is 2. The van der Waals surface area contributed by atoms with Gasteiger partial charge in [0.25, 0.3) is 5.56 Å². The van der Waals surface area contributed by atoms with Crippen LogP contribution in [-0.4, -0.2) is 102 Å². The average molecular weight is 1150 g/mol. The van der Waals surface area contributed by atoms with Gasteiger partial charge in [-0.05, 0) is 91.2 Å². The number of hydrogen-bond acceptors (Lipinski definition) is 16. The van der Waals surface area contributed by atoms with E-state index < -0.39 is 23.0 Å². The molecule has 6 heterocycles. The fourth-order valence-corrected chi connectivity index (χ4v) is 8.75. The van der Waals surface area contributed by atoms with E-state index in [0.717, 1.165) is 72.3 Å². The lowest BCUT2D eigenvalue weighted by Gasteiger charge is -2.18. The number of nitrogens with zero attached hydrogens (tertiary/aromatic N) is 8. The number of nitrogens with one attached hydrogen (secondary N) is 3.